The zero-order valence-corrected chi connectivity index (χ0v) is 20.1. The number of esters is 1. The van der Waals surface area contributed by atoms with Crippen LogP contribution in [0.5, 0.6) is 5.75 Å². The Morgan fingerprint density at radius 3 is 2.44 bits per heavy atom. The molecule has 0 saturated carbocycles. The molecule has 1 aromatic heterocycles. The topological polar surface area (TPSA) is 118 Å². The van der Waals surface area contributed by atoms with Gasteiger partial charge in [0.05, 0.1) is 28.6 Å². The summed E-state index contributed by atoms with van der Waals surface area (Å²) in [5.41, 5.74) is 1.22. The fourth-order valence-electron chi connectivity index (χ4n) is 4.28. The SMILES string of the molecule is CC(C)(C)OC(=O)CC1(C(=O)NCc2nc3cc(OB(O)O)ccc3s2)Cc2ccccc2C1. The van der Waals surface area contributed by atoms with Gasteiger partial charge in [-0.1, -0.05) is 24.3 Å². The van der Waals surface area contributed by atoms with Gasteiger partial charge in [0.2, 0.25) is 5.91 Å². The standard InChI is InChI=1S/C24H27BN2O6S/c1-23(2,3)32-21(28)13-24(11-15-6-4-5-7-16(15)12-24)22(29)26-14-20-27-18-10-17(33-25(30)31)8-9-19(18)34-20/h4-10,30-31H,11-14H2,1-3H3,(H,26,29). The maximum Gasteiger partial charge on any atom is 0.707 e. The van der Waals surface area contributed by atoms with Crippen molar-refractivity contribution in [2.24, 2.45) is 5.41 Å². The Balaban J connectivity index is 1.50. The van der Waals surface area contributed by atoms with E-state index in [0.29, 0.717) is 23.4 Å². The fraction of sp³-hybridized carbons (Fsp3) is 0.375. The molecule has 0 atom stereocenters. The van der Waals surface area contributed by atoms with Crippen LogP contribution in [0, 0.1) is 5.41 Å². The summed E-state index contributed by atoms with van der Waals surface area (Å²) in [5.74, 6) is -0.321. The van der Waals surface area contributed by atoms with Gasteiger partial charge in [0.25, 0.3) is 0 Å². The molecule has 0 radical (unpaired) electrons. The number of hydrogen-bond donors (Lipinski definition) is 3. The van der Waals surface area contributed by atoms with Crippen molar-refractivity contribution in [1.29, 1.82) is 0 Å². The Morgan fingerprint density at radius 1 is 1.15 bits per heavy atom. The van der Waals surface area contributed by atoms with E-state index in [1.165, 1.54) is 11.3 Å². The predicted octanol–water partition coefficient (Wildman–Crippen LogP) is 2.78. The fourth-order valence-corrected chi connectivity index (χ4v) is 5.17. The molecule has 2 aromatic carbocycles. The highest BCUT2D eigenvalue weighted by Crippen LogP contribution is 2.41. The highest BCUT2D eigenvalue weighted by atomic mass is 32.1. The number of nitrogens with one attached hydrogen (secondary N) is 1. The first-order chi connectivity index (χ1) is 16.0. The highest BCUT2D eigenvalue weighted by Gasteiger charge is 2.46. The van der Waals surface area contributed by atoms with Crippen LogP contribution in [0.25, 0.3) is 10.2 Å². The second kappa shape index (κ2) is 9.36. The van der Waals surface area contributed by atoms with Gasteiger partial charge in [-0.15, -0.1) is 11.3 Å². The molecule has 3 aromatic rings. The lowest BCUT2D eigenvalue weighted by molar-refractivity contribution is -0.160. The normalized spacial score (nSPS) is 14.5. The van der Waals surface area contributed by atoms with Crippen molar-refractivity contribution in [2.45, 2.75) is 52.2 Å². The number of amides is 1. The summed E-state index contributed by atoms with van der Waals surface area (Å²) < 4.78 is 11.3. The Kier molecular flexibility index (Phi) is 6.66. The van der Waals surface area contributed by atoms with Crippen molar-refractivity contribution in [3.63, 3.8) is 0 Å². The number of fused-ring (bicyclic) bond motifs is 2. The Morgan fingerprint density at radius 2 is 1.82 bits per heavy atom. The van der Waals surface area contributed by atoms with E-state index in [9.17, 15) is 9.59 Å². The van der Waals surface area contributed by atoms with Crippen LogP contribution in [0.3, 0.4) is 0 Å². The summed E-state index contributed by atoms with van der Waals surface area (Å²) in [5, 5.41) is 21.6. The van der Waals surface area contributed by atoms with Crippen LogP contribution in [0.1, 0.15) is 43.3 Å². The van der Waals surface area contributed by atoms with Gasteiger partial charge in [-0.05, 0) is 56.9 Å². The quantitative estimate of drug-likeness (QED) is 0.350. The van der Waals surface area contributed by atoms with Crippen molar-refractivity contribution in [1.82, 2.24) is 10.3 Å². The summed E-state index contributed by atoms with van der Waals surface area (Å²) in [6, 6.07) is 12.9. The lowest BCUT2D eigenvalue weighted by Crippen LogP contribution is -2.44. The van der Waals surface area contributed by atoms with Gasteiger partial charge in [0.15, 0.2) is 0 Å². The van der Waals surface area contributed by atoms with Gasteiger partial charge in [0.1, 0.15) is 16.4 Å². The number of carbonyl (C=O) groups is 2. The minimum Gasteiger partial charge on any atom is -0.512 e. The van der Waals surface area contributed by atoms with Gasteiger partial charge in [-0.25, -0.2) is 4.98 Å². The van der Waals surface area contributed by atoms with Gasteiger partial charge in [-0.3, -0.25) is 9.59 Å². The van der Waals surface area contributed by atoms with Crippen LogP contribution < -0.4 is 9.97 Å². The molecule has 0 saturated heterocycles. The first-order valence-corrected chi connectivity index (χ1v) is 11.8. The first kappa shape index (κ1) is 24.2. The monoisotopic (exact) mass is 482 g/mol. The predicted molar refractivity (Wildman–Crippen MR) is 129 cm³/mol. The molecule has 0 fully saturated rings. The van der Waals surface area contributed by atoms with E-state index in [1.54, 1.807) is 18.2 Å². The van der Waals surface area contributed by atoms with E-state index in [2.05, 4.69) is 10.3 Å². The summed E-state index contributed by atoms with van der Waals surface area (Å²) in [6.07, 6.45) is 0.936. The molecule has 1 amide bonds. The van der Waals surface area contributed by atoms with Crippen molar-refractivity contribution in [3.8, 4) is 5.75 Å². The van der Waals surface area contributed by atoms with Gasteiger partial charge >= 0.3 is 13.3 Å². The molecule has 0 unspecified atom stereocenters. The van der Waals surface area contributed by atoms with Crippen LogP contribution in [0.4, 0.5) is 0 Å². The largest absolute Gasteiger partial charge is 0.707 e. The molecule has 0 bridgehead atoms. The second-order valence-corrected chi connectivity index (χ2v) is 10.6. The van der Waals surface area contributed by atoms with Crippen molar-refractivity contribution >= 4 is 40.8 Å². The third kappa shape index (κ3) is 5.57. The van der Waals surface area contributed by atoms with Crippen molar-refractivity contribution < 1.29 is 29.0 Å². The van der Waals surface area contributed by atoms with Crippen LogP contribution in [-0.4, -0.2) is 39.8 Å². The van der Waals surface area contributed by atoms with E-state index in [1.807, 2.05) is 45.0 Å². The molecular formula is C24H27BN2O6S. The molecule has 8 nitrogen and oxygen atoms in total. The summed E-state index contributed by atoms with van der Waals surface area (Å²) in [6.45, 7) is 5.65. The van der Waals surface area contributed by atoms with E-state index < -0.39 is 24.3 Å². The third-order valence-electron chi connectivity index (χ3n) is 5.61. The Labute approximate surface area is 202 Å². The molecule has 4 rings (SSSR count). The average Bonchev–Trinajstić information content (AvgIpc) is 3.30. The summed E-state index contributed by atoms with van der Waals surface area (Å²) >= 11 is 1.42. The number of hydrogen-bond acceptors (Lipinski definition) is 8. The highest BCUT2D eigenvalue weighted by molar-refractivity contribution is 7.18. The van der Waals surface area contributed by atoms with E-state index in [0.717, 1.165) is 15.8 Å². The average molecular weight is 482 g/mol. The minimum absolute atomic E-state index is 0.00515. The molecular weight excluding hydrogens is 455 g/mol. The van der Waals surface area contributed by atoms with Gasteiger partial charge < -0.3 is 24.8 Å². The van der Waals surface area contributed by atoms with Crippen LogP contribution >= 0.6 is 11.3 Å². The first-order valence-electron chi connectivity index (χ1n) is 11.0. The molecule has 3 N–H and O–H groups in total. The number of aromatic nitrogens is 1. The van der Waals surface area contributed by atoms with E-state index in [-0.39, 0.29) is 24.6 Å². The lowest BCUT2D eigenvalue weighted by Gasteiger charge is -2.28. The number of thiazole rings is 1. The third-order valence-corrected chi connectivity index (χ3v) is 6.64. The molecule has 0 aliphatic heterocycles. The van der Waals surface area contributed by atoms with Gasteiger partial charge in [-0.2, -0.15) is 0 Å². The zero-order chi connectivity index (χ0) is 24.5. The Bertz CT molecular complexity index is 1190. The second-order valence-electron chi connectivity index (χ2n) is 9.53. The maximum atomic E-state index is 13.5. The van der Waals surface area contributed by atoms with Crippen LogP contribution in [0.15, 0.2) is 42.5 Å². The molecule has 1 aliphatic rings. The van der Waals surface area contributed by atoms with Crippen LogP contribution in [0.2, 0.25) is 0 Å². The number of ether oxygens (including phenoxy) is 1. The molecule has 10 heteroatoms. The van der Waals surface area contributed by atoms with Gasteiger partial charge in [0, 0.05) is 6.07 Å². The molecule has 34 heavy (non-hydrogen) atoms. The van der Waals surface area contributed by atoms with Crippen molar-refractivity contribution in [3.05, 3.63) is 58.6 Å². The van der Waals surface area contributed by atoms with Crippen molar-refractivity contribution in [2.75, 3.05) is 0 Å². The molecule has 1 aliphatic carbocycles. The minimum atomic E-state index is -1.91. The molecule has 1 heterocycles. The number of nitrogens with zero attached hydrogens (tertiary/aromatic N) is 1. The van der Waals surface area contributed by atoms with E-state index in [4.69, 9.17) is 19.4 Å². The summed E-state index contributed by atoms with van der Waals surface area (Å²) in [7, 11) is -1.91. The number of benzene rings is 2. The lowest BCUT2D eigenvalue weighted by atomic mass is 9.80. The number of rotatable bonds is 7. The molecule has 178 valence electrons. The van der Waals surface area contributed by atoms with E-state index >= 15 is 0 Å². The smallest absolute Gasteiger partial charge is 0.512 e. The Hall–Kier alpha value is -2.95. The maximum absolute atomic E-state index is 13.5. The molecule has 0 spiro atoms. The van der Waals surface area contributed by atoms with Crippen LogP contribution in [-0.2, 0) is 33.7 Å². The zero-order valence-electron chi connectivity index (χ0n) is 19.3. The summed E-state index contributed by atoms with van der Waals surface area (Å²) in [4.78, 5) is 30.7. The number of carbonyl (C=O) groups excluding carboxylic acids is 2.